The van der Waals surface area contributed by atoms with E-state index in [1.165, 1.54) is 0 Å². The minimum Gasteiger partial charge on any atom is -0.481 e. The average Bonchev–Trinajstić information content (AvgIpc) is 2.20. The zero-order chi connectivity index (χ0) is 13.4. The number of nitrogens with two attached hydrogens (primary N) is 1. The summed E-state index contributed by atoms with van der Waals surface area (Å²) < 4.78 is 0. The second-order valence-corrected chi connectivity index (χ2v) is 3.35. The van der Waals surface area contributed by atoms with E-state index in [1.807, 2.05) is 0 Å². The zero-order valence-electron chi connectivity index (χ0n) is 9.01. The Bertz CT molecular complexity index is 327. The summed E-state index contributed by atoms with van der Waals surface area (Å²) in [6.45, 7) is 0. The number of carboxylic acid groups (broad SMARTS) is 2. The fourth-order valence-corrected chi connectivity index (χ4v) is 1.04. The number of amides is 2. The van der Waals surface area contributed by atoms with Gasteiger partial charge in [0.25, 0.3) is 0 Å². The quantitative estimate of drug-likeness (QED) is 0.418. The lowest BCUT2D eigenvalue weighted by atomic mass is 10.1. The van der Waals surface area contributed by atoms with Crippen LogP contribution in [0, 0.1) is 0 Å². The van der Waals surface area contributed by atoms with Gasteiger partial charge >= 0.3 is 11.9 Å². The Labute approximate surface area is 96.8 Å². The molecule has 0 aliphatic rings. The molecule has 2 amide bonds. The molecule has 8 nitrogen and oxygen atoms in total. The van der Waals surface area contributed by atoms with Crippen molar-refractivity contribution in [2.45, 2.75) is 31.7 Å². The lowest BCUT2D eigenvalue weighted by molar-refractivity contribution is -0.139. The second kappa shape index (κ2) is 7.20. The van der Waals surface area contributed by atoms with Gasteiger partial charge in [-0.1, -0.05) is 0 Å². The summed E-state index contributed by atoms with van der Waals surface area (Å²) in [6, 6.07) is -1.09. The second-order valence-electron chi connectivity index (χ2n) is 3.35. The Morgan fingerprint density at radius 3 is 1.94 bits per heavy atom. The summed E-state index contributed by atoms with van der Waals surface area (Å²) in [5.41, 5.74) is 4.96. The van der Waals surface area contributed by atoms with Gasteiger partial charge in [0.2, 0.25) is 11.8 Å². The fourth-order valence-electron chi connectivity index (χ4n) is 1.04. The fraction of sp³-hybridized carbons (Fsp3) is 0.556. The number of hydrogen-bond donors (Lipinski definition) is 4. The SMILES string of the molecule is NC(=O)C(CCC(=O)O)NC(=O)CCC(=O)O. The number of nitrogens with one attached hydrogen (secondary N) is 1. The van der Waals surface area contributed by atoms with Crippen LogP contribution in [0.1, 0.15) is 25.7 Å². The maximum absolute atomic E-state index is 11.2. The highest BCUT2D eigenvalue weighted by atomic mass is 16.4. The summed E-state index contributed by atoms with van der Waals surface area (Å²) in [5, 5.41) is 18.9. The topological polar surface area (TPSA) is 147 Å². The predicted molar refractivity (Wildman–Crippen MR) is 54.9 cm³/mol. The summed E-state index contributed by atoms with van der Waals surface area (Å²) in [7, 11) is 0. The Morgan fingerprint density at radius 1 is 1.00 bits per heavy atom. The van der Waals surface area contributed by atoms with E-state index in [2.05, 4.69) is 5.32 Å². The van der Waals surface area contributed by atoms with Gasteiger partial charge in [-0.3, -0.25) is 19.2 Å². The molecular weight excluding hydrogens is 232 g/mol. The highest BCUT2D eigenvalue weighted by Gasteiger charge is 2.19. The van der Waals surface area contributed by atoms with Crippen LogP contribution in [0.5, 0.6) is 0 Å². The monoisotopic (exact) mass is 246 g/mol. The van der Waals surface area contributed by atoms with Crippen LogP contribution in [0.25, 0.3) is 0 Å². The lowest BCUT2D eigenvalue weighted by Crippen LogP contribution is -2.44. The Morgan fingerprint density at radius 2 is 1.53 bits per heavy atom. The van der Waals surface area contributed by atoms with Crippen LogP contribution in [0.4, 0.5) is 0 Å². The van der Waals surface area contributed by atoms with Crippen molar-refractivity contribution in [2.24, 2.45) is 5.73 Å². The van der Waals surface area contributed by atoms with Gasteiger partial charge in [-0.05, 0) is 6.42 Å². The van der Waals surface area contributed by atoms with Crippen LogP contribution in [0.3, 0.4) is 0 Å². The van der Waals surface area contributed by atoms with Crippen LogP contribution in [0.2, 0.25) is 0 Å². The number of hydrogen-bond acceptors (Lipinski definition) is 4. The van der Waals surface area contributed by atoms with Gasteiger partial charge in [0.1, 0.15) is 6.04 Å². The minimum absolute atomic E-state index is 0.122. The summed E-state index contributed by atoms with van der Waals surface area (Å²) in [6.07, 6.45) is -1.08. The Balaban J connectivity index is 4.15. The molecule has 1 atom stereocenters. The molecule has 96 valence electrons. The summed E-state index contributed by atoms with van der Waals surface area (Å²) >= 11 is 0. The van der Waals surface area contributed by atoms with E-state index < -0.39 is 29.8 Å². The molecule has 0 rings (SSSR count). The maximum atomic E-state index is 11.2. The predicted octanol–water partition coefficient (Wildman–Crippen LogP) is -1.31. The molecule has 0 aromatic heterocycles. The third-order valence-electron chi connectivity index (χ3n) is 1.89. The van der Waals surface area contributed by atoms with E-state index in [1.54, 1.807) is 0 Å². The highest BCUT2D eigenvalue weighted by molar-refractivity contribution is 5.88. The molecule has 1 unspecified atom stereocenters. The molecule has 0 bridgehead atoms. The van der Waals surface area contributed by atoms with Gasteiger partial charge in [0.15, 0.2) is 0 Å². The number of carbonyl (C=O) groups excluding carboxylic acids is 2. The number of carboxylic acids is 2. The maximum Gasteiger partial charge on any atom is 0.303 e. The van der Waals surface area contributed by atoms with Crippen LogP contribution in [-0.4, -0.2) is 40.0 Å². The van der Waals surface area contributed by atoms with Crippen molar-refractivity contribution in [1.29, 1.82) is 0 Å². The van der Waals surface area contributed by atoms with E-state index >= 15 is 0 Å². The van der Waals surface area contributed by atoms with Crippen LogP contribution in [0.15, 0.2) is 0 Å². The molecule has 0 aliphatic carbocycles. The molecule has 17 heavy (non-hydrogen) atoms. The van der Waals surface area contributed by atoms with E-state index in [4.69, 9.17) is 15.9 Å². The van der Waals surface area contributed by atoms with Gasteiger partial charge in [0.05, 0.1) is 6.42 Å². The average molecular weight is 246 g/mol. The number of carbonyl (C=O) groups is 4. The molecule has 0 radical (unpaired) electrons. The van der Waals surface area contributed by atoms with E-state index in [0.29, 0.717) is 0 Å². The van der Waals surface area contributed by atoms with Gasteiger partial charge in [-0.25, -0.2) is 0 Å². The largest absolute Gasteiger partial charge is 0.481 e. The summed E-state index contributed by atoms with van der Waals surface area (Å²) in [5.74, 6) is -3.76. The smallest absolute Gasteiger partial charge is 0.303 e. The van der Waals surface area contributed by atoms with Gasteiger partial charge in [-0.2, -0.15) is 0 Å². The normalized spacial score (nSPS) is 11.5. The van der Waals surface area contributed by atoms with Gasteiger partial charge < -0.3 is 21.3 Å². The summed E-state index contributed by atoms with van der Waals surface area (Å²) in [4.78, 5) is 42.5. The zero-order valence-corrected chi connectivity index (χ0v) is 9.01. The molecule has 5 N–H and O–H groups in total. The molecular formula is C9H14N2O6. The number of rotatable bonds is 8. The van der Waals surface area contributed by atoms with Gasteiger partial charge in [0, 0.05) is 12.8 Å². The van der Waals surface area contributed by atoms with E-state index in [-0.39, 0.29) is 25.7 Å². The molecule has 0 heterocycles. The Hall–Kier alpha value is -2.12. The third kappa shape index (κ3) is 7.77. The third-order valence-corrected chi connectivity index (χ3v) is 1.89. The number of aliphatic carboxylic acids is 2. The molecule has 0 aromatic rings. The first kappa shape index (κ1) is 14.9. The first-order valence-electron chi connectivity index (χ1n) is 4.85. The van der Waals surface area contributed by atoms with Crippen molar-refractivity contribution in [3.05, 3.63) is 0 Å². The first-order valence-corrected chi connectivity index (χ1v) is 4.85. The molecule has 0 saturated carbocycles. The standard InChI is InChI=1S/C9H14N2O6/c10-9(17)5(1-3-7(13)14)11-6(12)2-4-8(15)16/h5H,1-4H2,(H2,10,17)(H,11,12)(H,13,14)(H,15,16). The van der Waals surface area contributed by atoms with E-state index in [0.717, 1.165) is 0 Å². The van der Waals surface area contributed by atoms with Crippen LogP contribution >= 0.6 is 0 Å². The van der Waals surface area contributed by atoms with Gasteiger partial charge in [-0.15, -0.1) is 0 Å². The molecule has 0 aromatic carbocycles. The molecule has 8 heteroatoms. The van der Waals surface area contributed by atoms with Crippen molar-refractivity contribution >= 4 is 23.8 Å². The molecule has 0 saturated heterocycles. The minimum atomic E-state index is -1.14. The van der Waals surface area contributed by atoms with Crippen molar-refractivity contribution < 1.29 is 29.4 Å². The highest BCUT2D eigenvalue weighted by Crippen LogP contribution is 1.99. The number of primary amides is 1. The van der Waals surface area contributed by atoms with Crippen LogP contribution < -0.4 is 11.1 Å². The van der Waals surface area contributed by atoms with E-state index in [9.17, 15) is 19.2 Å². The van der Waals surface area contributed by atoms with Crippen molar-refractivity contribution in [3.63, 3.8) is 0 Å². The molecule has 0 aliphatic heterocycles. The first-order chi connectivity index (χ1) is 7.82. The van der Waals surface area contributed by atoms with Crippen molar-refractivity contribution in [1.82, 2.24) is 5.32 Å². The molecule has 0 spiro atoms. The lowest BCUT2D eigenvalue weighted by Gasteiger charge is -2.13. The van der Waals surface area contributed by atoms with Crippen molar-refractivity contribution in [2.75, 3.05) is 0 Å². The van der Waals surface area contributed by atoms with Crippen molar-refractivity contribution in [3.8, 4) is 0 Å². The Kier molecular flexibility index (Phi) is 6.30. The molecule has 0 fully saturated rings. The van der Waals surface area contributed by atoms with Crippen LogP contribution in [-0.2, 0) is 19.2 Å².